The van der Waals surface area contributed by atoms with Gasteiger partial charge < -0.3 is 0 Å². The first-order valence-corrected chi connectivity index (χ1v) is 9.02. The van der Waals surface area contributed by atoms with Gasteiger partial charge >= 0.3 is 0 Å². The van der Waals surface area contributed by atoms with Crippen molar-refractivity contribution < 1.29 is 8.42 Å². The molecule has 4 nitrogen and oxygen atoms in total. The van der Waals surface area contributed by atoms with Gasteiger partial charge in [-0.25, -0.2) is 8.42 Å². The van der Waals surface area contributed by atoms with E-state index < -0.39 is 9.84 Å². The summed E-state index contributed by atoms with van der Waals surface area (Å²) in [5.41, 5.74) is 0.935. The lowest BCUT2D eigenvalue weighted by Crippen LogP contribution is -2.46. The molecule has 2 heterocycles. The zero-order valence-corrected chi connectivity index (χ0v) is 13.9. The lowest BCUT2D eigenvalue weighted by Gasteiger charge is -2.32. The van der Waals surface area contributed by atoms with Crippen molar-refractivity contribution in [2.75, 3.05) is 18.1 Å². The molecule has 1 aromatic heterocycles. The fourth-order valence-corrected chi connectivity index (χ4v) is 4.76. The van der Waals surface area contributed by atoms with Gasteiger partial charge in [-0.05, 0) is 44.8 Å². The summed E-state index contributed by atoms with van der Waals surface area (Å²) < 4.78 is 24.9. The van der Waals surface area contributed by atoms with E-state index in [1.54, 1.807) is 6.20 Å². The Morgan fingerprint density at radius 1 is 1.50 bits per heavy atom. The van der Waals surface area contributed by atoms with Gasteiger partial charge in [0.1, 0.15) is 0 Å². The molecule has 0 spiro atoms. The minimum absolute atomic E-state index is 0.0427. The third kappa shape index (κ3) is 3.53. The summed E-state index contributed by atoms with van der Waals surface area (Å²) in [4.78, 5) is 6.51. The number of sulfone groups is 1. The molecule has 0 aromatic carbocycles. The smallest absolute Gasteiger partial charge is 0.153 e. The summed E-state index contributed by atoms with van der Waals surface area (Å²) in [7, 11) is -2.86. The first kappa shape index (κ1) is 14.4. The molecule has 1 fully saturated rings. The minimum atomic E-state index is -2.86. The highest BCUT2D eigenvalue weighted by Gasteiger charge is 2.28. The number of hydrogen-bond acceptors (Lipinski definition) is 4. The summed E-state index contributed by atoms with van der Waals surface area (Å²) in [6.45, 7) is 3.20. The highest BCUT2D eigenvalue weighted by molar-refractivity contribution is 9.11. The van der Waals surface area contributed by atoms with Crippen molar-refractivity contribution in [1.82, 2.24) is 9.88 Å². The van der Waals surface area contributed by atoms with Crippen LogP contribution in [0.4, 0.5) is 0 Å². The Morgan fingerprint density at radius 3 is 2.83 bits per heavy atom. The normalized spacial score (nSPS) is 24.1. The number of halogens is 2. The van der Waals surface area contributed by atoms with Gasteiger partial charge in [-0.2, -0.15) is 0 Å². The molecule has 18 heavy (non-hydrogen) atoms. The third-order valence-electron chi connectivity index (χ3n) is 3.04. The maximum Gasteiger partial charge on any atom is 0.153 e. The highest BCUT2D eigenvalue weighted by Crippen LogP contribution is 2.22. The largest absolute Gasteiger partial charge is 0.293 e. The standard InChI is InChI=1S/C11H14Br2N2O2S/c1-8-7-18(16,17)3-2-15(8)6-11-10(13)4-9(12)5-14-11/h4-5,8H,2-3,6-7H2,1H3. The van der Waals surface area contributed by atoms with Crippen LogP contribution in [0.5, 0.6) is 0 Å². The molecule has 1 aliphatic heterocycles. The number of aromatic nitrogens is 1. The van der Waals surface area contributed by atoms with Gasteiger partial charge in [0.05, 0.1) is 17.2 Å². The third-order valence-corrected chi connectivity index (χ3v) is 5.96. The summed E-state index contributed by atoms with van der Waals surface area (Å²) >= 11 is 6.84. The molecule has 0 N–H and O–H groups in total. The topological polar surface area (TPSA) is 50.3 Å². The van der Waals surface area contributed by atoms with E-state index in [0.717, 1.165) is 14.6 Å². The fourth-order valence-electron chi connectivity index (χ4n) is 2.02. The van der Waals surface area contributed by atoms with Crippen LogP contribution >= 0.6 is 31.9 Å². The van der Waals surface area contributed by atoms with Crippen LogP contribution in [0.25, 0.3) is 0 Å². The monoisotopic (exact) mass is 396 g/mol. The van der Waals surface area contributed by atoms with E-state index in [1.807, 2.05) is 13.0 Å². The van der Waals surface area contributed by atoms with Crippen molar-refractivity contribution in [3.63, 3.8) is 0 Å². The number of hydrogen-bond donors (Lipinski definition) is 0. The minimum Gasteiger partial charge on any atom is -0.293 e. The lowest BCUT2D eigenvalue weighted by atomic mass is 10.2. The molecule has 0 saturated carbocycles. The fraction of sp³-hybridized carbons (Fsp3) is 0.545. The first-order chi connectivity index (χ1) is 8.37. The maximum atomic E-state index is 11.5. The van der Waals surface area contributed by atoms with Crippen molar-refractivity contribution >= 4 is 41.7 Å². The van der Waals surface area contributed by atoms with Crippen molar-refractivity contribution in [3.05, 3.63) is 26.9 Å². The lowest BCUT2D eigenvalue weighted by molar-refractivity contribution is 0.215. The molecule has 1 unspecified atom stereocenters. The first-order valence-electron chi connectivity index (χ1n) is 5.62. The SMILES string of the molecule is CC1CS(=O)(=O)CCN1Cc1ncc(Br)cc1Br. The Kier molecular flexibility index (Phi) is 4.46. The van der Waals surface area contributed by atoms with Crippen LogP contribution in [0.15, 0.2) is 21.2 Å². The molecule has 1 atom stereocenters. The second kappa shape index (κ2) is 5.56. The molecule has 100 valence electrons. The van der Waals surface area contributed by atoms with Crippen molar-refractivity contribution in [2.45, 2.75) is 19.5 Å². The van der Waals surface area contributed by atoms with Crippen LogP contribution in [-0.2, 0) is 16.4 Å². The number of pyridine rings is 1. The molecule has 0 bridgehead atoms. The van der Waals surface area contributed by atoms with Crippen LogP contribution in [0.1, 0.15) is 12.6 Å². The summed E-state index contributed by atoms with van der Waals surface area (Å²) in [5.74, 6) is 0.479. The predicted octanol–water partition coefficient (Wildman–Crippen LogP) is 2.23. The van der Waals surface area contributed by atoms with Gasteiger partial charge in [0.25, 0.3) is 0 Å². The molecule has 0 radical (unpaired) electrons. The highest BCUT2D eigenvalue weighted by atomic mass is 79.9. The molecule has 1 aliphatic rings. The zero-order chi connectivity index (χ0) is 13.3. The van der Waals surface area contributed by atoms with Gasteiger partial charge in [0.15, 0.2) is 9.84 Å². The second-order valence-corrected chi connectivity index (χ2v) is 8.51. The molecule has 7 heteroatoms. The second-order valence-electron chi connectivity index (χ2n) is 4.52. The van der Waals surface area contributed by atoms with Crippen molar-refractivity contribution in [1.29, 1.82) is 0 Å². The summed E-state index contributed by atoms with van der Waals surface area (Å²) in [6, 6.07) is 1.99. The van der Waals surface area contributed by atoms with Gasteiger partial charge in [0.2, 0.25) is 0 Å². The average molecular weight is 398 g/mol. The van der Waals surface area contributed by atoms with E-state index in [2.05, 4.69) is 41.7 Å². The molecule has 2 rings (SSSR count). The van der Waals surface area contributed by atoms with Crippen LogP contribution in [0.2, 0.25) is 0 Å². The van der Waals surface area contributed by atoms with Crippen LogP contribution in [0, 0.1) is 0 Å². The van der Waals surface area contributed by atoms with Crippen LogP contribution < -0.4 is 0 Å². The van der Waals surface area contributed by atoms with E-state index in [1.165, 1.54) is 0 Å². The molecular formula is C11H14Br2N2O2S. The Hall–Kier alpha value is 0.0200. The Balaban J connectivity index is 2.10. The molecule has 1 aromatic rings. The molecular weight excluding hydrogens is 384 g/mol. The summed E-state index contributed by atoms with van der Waals surface area (Å²) in [6.07, 6.45) is 1.76. The average Bonchev–Trinajstić information content (AvgIpc) is 2.24. The van der Waals surface area contributed by atoms with E-state index in [-0.39, 0.29) is 17.5 Å². The van der Waals surface area contributed by atoms with Crippen molar-refractivity contribution in [3.8, 4) is 0 Å². The van der Waals surface area contributed by atoms with E-state index in [0.29, 0.717) is 13.1 Å². The van der Waals surface area contributed by atoms with Crippen LogP contribution in [0.3, 0.4) is 0 Å². The quantitative estimate of drug-likeness (QED) is 0.767. The van der Waals surface area contributed by atoms with Gasteiger partial charge in [0, 0.05) is 34.3 Å². The molecule has 0 aliphatic carbocycles. The number of rotatable bonds is 2. The number of nitrogens with zero attached hydrogens (tertiary/aromatic N) is 2. The Labute approximate surface area is 124 Å². The molecule has 0 amide bonds. The van der Waals surface area contributed by atoms with E-state index in [9.17, 15) is 8.42 Å². The predicted molar refractivity (Wildman–Crippen MR) is 78.2 cm³/mol. The van der Waals surface area contributed by atoms with Gasteiger partial charge in [-0.3, -0.25) is 9.88 Å². The Morgan fingerprint density at radius 2 is 2.22 bits per heavy atom. The summed E-state index contributed by atoms with van der Waals surface area (Å²) in [5, 5.41) is 0. The zero-order valence-electron chi connectivity index (χ0n) is 9.94. The van der Waals surface area contributed by atoms with E-state index in [4.69, 9.17) is 0 Å². The van der Waals surface area contributed by atoms with E-state index >= 15 is 0 Å². The Bertz CT molecular complexity index is 548. The molecule has 1 saturated heterocycles. The van der Waals surface area contributed by atoms with Crippen molar-refractivity contribution in [2.24, 2.45) is 0 Å². The van der Waals surface area contributed by atoms with Crippen LogP contribution in [-0.4, -0.2) is 42.4 Å². The van der Waals surface area contributed by atoms with Gasteiger partial charge in [-0.15, -0.1) is 0 Å². The maximum absolute atomic E-state index is 11.5. The van der Waals surface area contributed by atoms with Gasteiger partial charge in [-0.1, -0.05) is 0 Å².